The SMILES string of the molecule is C1=Cc2cc3ccc(cc4nc(cc5ccc(cc1n2)[nH]5)C=C4)[nH]3.CCCOCCC. The molecule has 3 aromatic rings. The molecule has 2 aliphatic heterocycles. The number of H-pyrrole nitrogens is 2. The van der Waals surface area contributed by atoms with Gasteiger partial charge in [0.2, 0.25) is 0 Å². The summed E-state index contributed by atoms with van der Waals surface area (Å²) in [4.78, 5) is 16.0. The van der Waals surface area contributed by atoms with Crippen molar-refractivity contribution in [3.8, 4) is 0 Å². The van der Waals surface area contributed by atoms with Gasteiger partial charge in [-0.25, -0.2) is 9.97 Å². The Morgan fingerprint density at radius 2 is 0.903 bits per heavy atom. The van der Waals surface area contributed by atoms with Gasteiger partial charge in [0, 0.05) is 35.3 Å². The normalized spacial score (nSPS) is 11.9. The first-order valence-electron chi connectivity index (χ1n) is 10.8. The van der Waals surface area contributed by atoms with Crippen molar-refractivity contribution in [1.82, 2.24) is 19.9 Å². The third-order valence-corrected chi connectivity index (χ3v) is 4.74. The van der Waals surface area contributed by atoms with E-state index in [-0.39, 0.29) is 0 Å². The van der Waals surface area contributed by atoms with Crippen LogP contribution in [0.15, 0.2) is 48.5 Å². The van der Waals surface area contributed by atoms with E-state index in [9.17, 15) is 0 Å². The summed E-state index contributed by atoms with van der Waals surface area (Å²) < 4.78 is 5.13. The number of fused-ring (bicyclic) bond motifs is 8. The van der Waals surface area contributed by atoms with Crippen LogP contribution >= 0.6 is 0 Å². The molecule has 0 saturated heterocycles. The summed E-state index contributed by atoms with van der Waals surface area (Å²) in [5.41, 5.74) is 7.86. The van der Waals surface area contributed by atoms with Crippen LogP contribution in [0.1, 0.15) is 49.5 Å². The maximum absolute atomic E-state index is 5.13. The highest BCUT2D eigenvalue weighted by Crippen LogP contribution is 2.16. The monoisotopic (exact) mass is 412 g/mol. The van der Waals surface area contributed by atoms with E-state index >= 15 is 0 Å². The smallest absolute Gasteiger partial charge is 0.0658 e. The van der Waals surface area contributed by atoms with Gasteiger partial charge in [0.25, 0.3) is 0 Å². The molecule has 0 amide bonds. The molecule has 0 aromatic carbocycles. The van der Waals surface area contributed by atoms with E-state index in [0.29, 0.717) is 0 Å². The van der Waals surface area contributed by atoms with Crippen molar-refractivity contribution in [2.75, 3.05) is 13.2 Å². The number of aromatic nitrogens is 4. The first kappa shape index (κ1) is 20.8. The lowest BCUT2D eigenvalue weighted by Crippen LogP contribution is -1.92. The average molecular weight is 413 g/mol. The van der Waals surface area contributed by atoms with Crippen LogP contribution in [0.25, 0.3) is 46.4 Å². The van der Waals surface area contributed by atoms with Gasteiger partial charge in [-0.3, -0.25) is 0 Å². The molecule has 0 unspecified atom stereocenters. The van der Waals surface area contributed by atoms with Gasteiger partial charge in [-0.05, 0) is 85.7 Å². The van der Waals surface area contributed by atoms with Gasteiger partial charge in [-0.1, -0.05) is 13.8 Å². The molecule has 0 aliphatic carbocycles. The lowest BCUT2D eigenvalue weighted by Gasteiger charge is -1.95. The van der Waals surface area contributed by atoms with Crippen LogP contribution in [0.5, 0.6) is 0 Å². The van der Waals surface area contributed by atoms with E-state index in [1.807, 2.05) is 48.6 Å². The van der Waals surface area contributed by atoms with Crippen LogP contribution in [-0.4, -0.2) is 33.1 Å². The molecule has 5 heterocycles. The summed E-state index contributed by atoms with van der Waals surface area (Å²) in [6.07, 6.45) is 10.4. The highest BCUT2D eigenvalue weighted by Gasteiger charge is 2.01. The average Bonchev–Trinajstić information content (AvgIpc) is 3.55. The van der Waals surface area contributed by atoms with Crippen LogP contribution in [-0.2, 0) is 4.74 Å². The molecule has 0 fully saturated rings. The summed E-state index contributed by atoms with van der Waals surface area (Å²) >= 11 is 0. The zero-order chi connectivity index (χ0) is 21.5. The third-order valence-electron chi connectivity index (χ3n) is 4.74. The van der Waals surface area contributed by atoms with Crippen molar-refractivity contribution in [3.63, 3.8) is 0 Å². The van der Waals surface area contributed by atoms with E-state index in [1.54, 1.807) is 0 Å². The second-order valence-electron chi connectivity index (χ2n) is 7.52. The van der Waals surface area contributed by atoms with Gasteiger partial charge in [0.05, 0.1) is 22.8 Å². The van der Waals surface area contributed by atoms with Gasteiger partial charge in [-0.15, -0.1) is 0 Å². The maximum atomic E-state index is 5.13. The van der Waals surface area contributed by atoms with E-state index in [4.69, 9.17) is 4.74 Å². The topological polar surface area (TPSA) is 66.6 Å². The highest BCUT2D eigenvalue weighted by molar-refractivity contribution is 5.77. The lowest BCUT2D eigenvalue weighted by atomic mass is 10.3. The Kier molecular flexibility index (Phi) is 6.75. The van der Waals surface area contributed by atoms with E-state index < -0.39 is 0 Å². The molecule has 2 aliphatic rings. The number of nitrogens with zero attached hydrogens (tertiary/aromatic N) is 2. The maximum Gasteiger partial charge on any atom is 0.0658 e. The molecule has 3 aromatic heterocycles. The largest absolute Gasteiger partial charge is 0.381 e. The van der Waals surface area contributed by atoms with Crippen molar-refractivity contribution in [3.05, 3.63) is 71.3 Å². The Morgan fingerprint density at radius 3 is 1.19 bits per heavy atom. The van der Waals surface area contributed by atoms with E-state index in [1.165, 1.54) is 0 Å². The predicted molar refractivity (Wildman–Crippen MR) is 130 cm³/mol. The minimum Gasteiger partial charge on any atom is -0.381 e. The number of nitrogens with one attached hydrogen (secondary N) is 2. The van der Waals surface area contributed by atoms with Gasteiger partial charge in [-0.2, -0.15) is 0 Å². The summed E-state index contributed by atoms with van der Waals surface area (Å²) in [7, 11) is 0. The van der Waals surface area contributed by atoms with E-state index in [2.05, 4.69) is 58.0 Å². The fraction of sp³-hybridized carbons (Fsp3) is 0.231. The van der Waals surface area contributed by atoms with E-state index in [0.717, 1.165) is 70.9 Å². The zero-order valence-corrected chi connectivity index (χ0v) is 18.1. The Bertz CT molecular complexity index is 1070. The molecule has 8 bridgehead atoms. The number of rotatable bonds is 4. The van der Waals surface area contributed by atoms with Crippen LogP contribution in [0.4, 0.5) is 0 Å². The molecule has 0 saturated carbocycles. The van der Waals surface area contributed by atoms with Crippen molar-refractivity contribution in [1.29, 1.82) is 0 Å². The second kappa shape index (κ2) is 10.0. The number of hydrogen-bond donors (Lipinski definition) is 2. The van der Waals surface area contributed by atoms with Crippen molar-refractivity contribution in [2.24, 2.45) is 0 Å². The van der Waals surface area contributed by atoms with Gasteiger partial charge >= 0.3 is 0 Å². The molecule has 5 heteroatoms. The first-order valence-corrected chi connectivity index (χ1v) is 10.8. The molecular formula is C26H28N4O. The molecule has 5 rings (SSSR count). The molecule has 5 nitrogen and oxygen atoms in total. The Labute approximate surface area is 182 Å². The molecule has 0 radical (unpaired) electrons. The Morgan fingerprint density at radius 1 is 0.581 bits per heavy atom. The molecule has 158 valence electrons. The summed E-state index contributed by atoms with van der Waals surface area (Å²) in [5, 5.41) is 0. The number of aromatic amines is 2. The van der Waals surface area contributed by atoms with Crippen LogP contribution in [0.2, 0.25) is 0 Å². The second-order valence-corrected chi connectivity index (χ2v) is 7.52. The summed E-state index contributed by atoms with van der Waals surface area (Å²) in [6, 6.07) is 16.4. The molecule has 0 spiro atoms. The van der Waals surface area contributed by atoms with Crippen molar-refractivity contribution < 1.29 is 4.74 Å². The van der Waals surface area contributed by atoms with Crippen molar-refractivity contribution in [2.45, 2.75) is 26.7 Å². The standard InChI is InChI=1S/C20H14N4.C6H14O/c1-2-14-10-16-5-6-18(23-16)12-20-8-7-19(24-20)11-17-4-3-15(22-17)9-13(1)21-14;1-3-5-7-6-4-2/h1-12,21,24H;3-6H2,1-2H3. The number of hydrogen-bond acceptors (Lipinski definition) is 3. The Hall–Kier alpha value is -3.44. The fourth-order valence-electron chi connectivity index (χ4n) is 3.33. The lowest BCUT2D eigenvalue weighted by molar-refractivity contribution is 0.135. The molecular weight excluding hydrogens is 384 g/mol. The minimum atomic E-state index is 0.924. The zero-order valence-electron chi connectivity index (χ0n) is 18.1. The van der Waals surface area contributed by atoms with Crippen molar-refractivity contribution >= 4 is 46.4 Å². The van der Waals surface area contributed by atoms with Crippen LogP contribution in [0.3, 0.4) is 0 Å². The van der Waals surface area contributed by atoms with Gasteiger partial charge in [0.15, 0.2) is 0 Å². The summed E-state index contributed by atoms with van der Waals surface area (Å²) in [6.45, 7) is 6.09. The summed E-state index contributed by atoms with van der Waals surface area (Å²) in [5.74, 6) is 0. The molecule has 0 atom stereocenters. The first-order chi connectivity index (χ1) is 15.2. The predicted octanol–water partition coefficient (Wildman–Crippen LogP) is 6.48. The third kappa shape index (κ3) is 5.80. The number of ether oxygens (including phenoxy) is 1. The van der Waals surface area contributed by atoms with Gasteiger partial charge in [0.1, 0.15) is 0 Å². The van der Waals surface area contributed by atoms with Crippen LogP contribution in [0, 0.1) is 0 Å². The molecule has 31 heavy (non-hydrogen) atoms. The highest BCUT2D eigenvalue weighted by atomic mass is 16.5. The fourth-order valence-corrected chi connectivity index (χ4v) is 3.33. The minimum absolute atomic E-state index is 0.924. The quantitative estimate of drug-likeness (QED) is 0.332. The van der Waals surface area contributed by atoms with Gasteiger partial charge < -0.3 is 14.7 Å². The Balaban J connectivity index is 0.000000289. The molecule has 2 N–H and O–H groups in total. The van der Waals surface area contributed by atoms with Crippen LogP contribution < -0.4 is 0 Å².